The number of aromatic nitrogens is 1. The van der Waals surface area contributed by atoms with Crippen LogP contribution in [0.15, 0.2) is 16.9 Å². The molecular formula is C11H15N3O2. The average molecular weight is 221 g/mol. The van der Waals surface area contributed by atoms with E-state index in [1.807, 2.05) is 6.07 Å². The molecule has 1 aromatic heterocycles. The number of nitrogens with one attached hydrogen (secondary N) is 1. The third-order valence-electron chi connectivity index (χ3n) is 4.44. The van der Waals surface area contributed by atoms with E-state index in [1.54, 1.807) is 6.26 Å². The summed E-state index contributed by atoms with van der Waals surface area (Å²) in [5, 5.41) is 7.52. The van der Waals surface area contributed by atoms with Gasteiger partial charge in [0.25, 0.3) is 0 Å². The molecule has 0 aromatic carbocycles. The highest BCUT2D eigenvalue weighted by molar-refractivity contribution is 5.28. The molecule has 86 valence electrons. The molecule has 0 saturated carbocycles. The molecule has 0 aliphatic carbocycles. The Kier molecular flexibility index (Phi) is 1.63. The first-order valence-corrected chi connectivity index (χ1v) is 5.88. The van der Waals surface area contributed by atoms with Crippen LogP contribution in [0.5, 0.6) is 0 Å². The van der Waals surface area contributed by atoms with Gasteiger partial charge in [0.1, 0.15) is 29.8 Å². The van der Waals surface area contributed by atoms with Crippen molar-refractivity contribution in [1.82, 2.24) is 15.4 Å². The Bertz CT molecular complexity index is 401. The van der Waals surface area contributed by atoms with E-state index in [2.05, 4.69) is 15.4 Å². The van der Waals surface area contributed by atoms with Crippen molar-refractivity contribution in [3.8, 4) is 0 Å². The standard InChI is InChI=1S/C11H15N3O2/c1-3-11(9-2-5-16-13-9)10(6-12-7-10)15-8-14(11)4-1/h2,5,12H,1,3-4,6-8H2. The van der Waals surface area contributed by atoms with Crippen LogP contribution in [0.3, 0.4) is 0 Å². The molecule has 5 heteroatoms. The minimum Gasteiger partial charge on any atom is -0.364 e. The smallest absolute Gasteiger partial charge is 0.124 e. The molecule has 0 bridgehead atoms. The fourth-order valence-electron chi connectivity index (χ4n) is 3.58. The lowest BCUT2D eigenvalue weighted by Crippen LogP contribution is -2.70. The fraction of sp³-hybridized carbons (Fsp3) is 0.727. The highest BCUT2D eigenvalue weighted by atomic mass is 16.5. The van der Waals surface area contributed by atoms with Crippen molar-refractivity contribution < 1.29 is 9.26 Å². The van der Waals surface area contributed by atoms with E-state index in [0.717, 1.165) is 38.5 Å². The zero-order chi connectivity index (χ0) is 10.6. The summed E-state index contributed by atoms with van der Waals surface area (Å²) >= 11 is 0. The van der Waals surface area contributed by atoms with Gasteiger partial charge >= 0.3 is 0 Å². The van der Waals surface area contributed by atoms with Crippen LogP contribution in [0.25, 0.3) is 0 Å². The van der Waals surface area contributed by atoms with Crippen molar-refractivity contribution in [3.05, 3.63) is 18.0 Å². The quantitative estimate of drug-likeness (QED) is 0.739. The van der Waals surface area contributed by atoms with Gasteiger partial charge in [0.15, 0.2) is 0 Å². The molecule has 0 radical (unpaired) electrons. The molecule has 1 aromatic rings. The second kappa shape index (κ2) is 2.85. The van der Waals surface area contributed by atoms with E-state index >= 15 is 0 Å². The van der Waals surface area contributed by atoms with Crippen LogP contribution >= 0.6 is 0 Å². The van der Waals surface area contributed by atoms with Crippen molar-refractivity contribution >= 4 is 0 Å². The Hall–Kier alpha value is -0.910. The molecule has 1 spiro atoms. The van der Waals surface area contributed by atoms with Gasteiger partial charge in [0.05, 0.1) is 0 Å². The Morgan fingerprint density at radius 3 is 3.06 bits per heavy atom. The summed E-state index contributed by atoms with van der Waals surface area (Å²) in [6.07, 6.45) is 4.01. The van der Waals surface area contributed by atoms with Crippen molar-refractivity contribution in [2.75, 3.05) is 26.4 Å². The second-order valence-corrected chi connectivity index (χ2v) is 4.98. The number of nitrogens with zero attached hydrogens (tertiary/aromatic N) is 2. The molecule has 1 unspecified atom stereocenters. The average Bonchev–Trinajstić information content (AvgIpc) is 2.90. The maximum absolute atomic E-state index is 6.05. The van der Waals surface area contributed by atoms with Crippen molar-refractivity contribution in [2.45, 2.75) is 24.0 Å². The van der Waals surface area contributed by atoms with Crippen LogP contribution in [-0.2, 0) is 10.3 Å². The van der Waals surface area contributed by atoms with Crippen molar-refractivity contribution in [1.29, 1.82) is 0 Å². The maximum atomic E-state index is 6.05. The van der Waals surface area contributed by atoms with Crippen LogP contribution in [0, 0.1) is 0 Å². The highest BCUT2D eigenvalue weighted by Gasteiger charge is 2.66. The first-order valence-electron chi connectivity index (χ1n) is 5.88. The Morgan fingerprint density at radius 2 is 2.38 bits per heavy atom. The summed E-state index contributed by atoms with van der Waals surface area (Å²) in [5.74, 6) is 0. The molecule has 1 N–H and O–H groups in total. The van der Waals surface area contributed by atoms with Gasteiger partial charge in [-0.15, -0.1) is 0 Å². The van der Waals surface area contributed by atoms with Gasteiger partial charge in [-0.1, -0.05) is 5.16 Å². The number of hydrogen-bond acceptors (Lipinski definition) is 5. The zero-order valence-corrected chi connectivity index (χ0v) is 9.11. The van der Waals surface area contributed by atoms with Crippen LogP contribution < -0.4 is 5.32 Å². The molecule has 3 aliphatic rings. The summed E-state index contributed by atoms with van der Waals surface area (Å²) < 4.78 is 11.1. The zero-order valence-electron chi connectivity index (χ0n) is 9.11. The molecular weight excluding hydrogens is 206 g/mol. The lowest BCUT2D eigenvalue weighted by atomic mass is 9.72. The molecule has 16 heavy (non-hydrogen) atoms. The van der Waals surface area contributed by atoms with Crippen molar-refractivity contribution in [3.63, 3.8) is 0 Å². The molecule has 4 rings (SSSR count). The lowest BCUT2D eigenvalue weighted by Gasteiger charge is -2.49. The van der Waals surface area contributed by atoms with Crippen LogP contribution in [-0.4, -0.2) is 42.0 Å². The van der Waals surface area contributed by atoms with E-state index in [0.29, 0.717) is 0 Å². The third kappa shape index (κ3) is 0.827. The van der Waals surface area contributed by atoms with E-state index in [4.69, 9.17) is 9.26 Å². The lowest BCUT2D eigenvalue weighted by molar-refractivity contribution is -0.0776. The van der Waals surface area contributed by atoms with Gasteiger partial charge in [-0.25, -0.2) is 0 Å². The monoisotopic (exact) mass is 221 g/mol. The maximum Gasteiger partial charge on any atom is 0.124 e. The molecule has 3 saturated heterocycles. The van der Waals surface area contributed by atoms with Gasteiger partial charge in [0.2, 0.25) is 0 Å². The highest BCUT2D eigenvalue weighted by Crippen LogP contribution is 2.53. The van der Waals surface area contributed by atoms with Gasteiger partial charge < -0.3 is 14.6 Å². The van der Waals surface area contributed by atoms with Gasteiger partial charge in [-0.2, -0.15) is 0 Å². The second-order valence-electron chi connectivity index (χ2n) is 4.98. The van der Waals surface area contributed by atoms with Gasteiger partial charge in [0, 0.05) is 25.7 Å². The Labute approximate surface area is 93.7 Å². The minimum atomic E-state index is -0.0691. The number of fused-ring (bicyclic) bond motifs is 2. The number of rotatable bonds is 1. The summed E-state index contributed by atoms with van der Waals surface area (Å²) in [6.45, 7) is 3.69. The third-order valence-corrected chi connectivity index (χ3v) is 4.44. The molecule has 0 amide bonds. The normalized spacial score (nSPS) is 36.5. The van der Waals surface area contributed by atoms with Crippen LogP contribution in [0.2, 0.25) is 0 Å². The summed E-state index contributed by atoms with van der Waals surface area (Å²) in [5.41, 5.74) is 0.940. The molecule has 1 atom stereocenters. The van der Waals surface area contributed by atoms with E-state index in [-0.39, 0.29) is 11.1 Å². The van der Waals surface area contributed by atoms with Gasteiger partial charge in [-0.05, 0) is 12.8 Å². The minimum absolute atomic E-state index is 0.0365. The first kappa shape index (κ1) is 9.15. The largest absolute Gasteiger partial charge is 0.364 e. The Balaban J connectivity index is 1.87. The Morgan fingerprint density at radius 1 is 1.44 bits per heavy atom. The van der Waals surface area contributed by atoms with Gasteiger partial charge in [-0.3, -0.25) is 4.90 Å². The number of hydrogen-bond donors (Lipinski definition) is 1. The summed E-state index contributed by atoms with van der Waals surface area (Å²) in [6, 6.07) is 1.99. The predicted molar refractivity (Wildman–Crippen MR) is 55.7 cm³/mol. The number of ether oxygens (including phenoxy) is 1. The van der Waals surface area contributed by atoms with E-state index < -0.39 is 0 Å². The summed E-state index contributed by atoms with van der Waals surface area (Å²) in [7, 11) is 0. The molecule has 5 nitrogen and oxygen atoms in total. The van der Waals surface area contributed by atoms with Crippen LogP contribution in [0.4, 0.5) is 0 Å². The molecule has 3 fully saturated rings. The van der Waals surface area contributed by atoms with E-state index in [9.17, 15) is 0 Å². The van der Waals surface area contributed by atoms with Crippen molar-refractivity contribution in [2.24, 2.45) is 0 Å². The first-order chi connectivity index (χ1) is 7.87. The topological polar surface area (TPSA) is 50.5 Å². The fourth-order valence-corrected chi connectivity index (χ4v) is 3.58. The summed E-state index contributed by atoms with van der Waals surface area (Å²) in [4.78, 5) is 2.42. The predicted octanol–water partition coefficient (Wildman–Crippen LogP) is 0.295. The van der Waals surface area contributed by atoms with E-state index in [1.165, 1.54) is 6.42 Å². The van der Waals surface area contributed by atoms with Crippen LogP contribution in [0.1, 0.15) is 18.5 Å². The SMILES string of the molecule is c1cc(C23CCCN2COC32CNC2)no1. The molecule has 3 aliphatic heterocycles. The molecule has 4 heterocycles.